The lowest BCUT2D eigenvalue weighted by atomic mass is 9.84. The van der Waals surface area contributed by atoms with Crippen LogP contribution in [0.4, 0.5) is 0 Å². The molecule has 0 aromatic heterocycles. The van der Waals surface area contributed by atoms with Crippen molar-refractivity contribution in [3.05, 3.63) is 12.7 Å². The fourth-order valence-corrected chi connectivity index (χ4v) is 1.58. The summed E-state index contributed by atoms with van der Waals surface area (Å²) in [5.41, 5.74) is 0.286. The van der Waals surface area contributed by atoms with Crippen molar-refractivity contribution in [1.82, 2.24) is 0 Å². The van der Waals surface area contributed by atoms with Crippen molar-refractivity contribution in [2.75, 3.05) is 5.33 Å². The first-order chi connectivity index (χ1) is 4.54. The van der Waals surface area contributed by atoms with Gasteiger partial charge in [-0.15, -0.1) is 6.58 Å². The lowest BCUT2D eigenvalue weighted by molar-refractivity contribution is 0.376. The third-order valence-electron chi connectivity index (χ3n) is 1.67. The van der Waals surface area contributed by atoms with Gasteiger partial charge in [-0.25, -0.2) is 0 Å². The van der Waals surface area contributed by atoms with Gasteiger partial charge < -0.3 is 0 Å². The molecule has 0 nitrogen and oxygen atoms in total. The normalized spacial score (nSPS) is 16.9. The summed E-state index contributed by atoms with van der Waals surface area (Å²) >= 11 is 3.49. The summed E-state index contributed by atoms with van der Waals surface area (Å²) < 4.78 is 0. The number of hydrogen-bond acceptors (Lipinski definition) is 0. The van der Waals surface area contributed by atoms with Gasteiger partial charge in [-0.1, -0.05) is 42.8 Å². The zero-order valence-corrected chi connectivity index (χ0v) is 8.74. The largest absolute Gasteiger partial charge is 0.103 e. The quantitative estimate of drug-likeness (QED) is 0.485. The zero-order chi connectivity index (χ0) is 8.20. The van der Waals surface area contributed by atoms with Crippen molar-refractivity contribution in [2.24, 2.45) is 11.3 Å². The Morgan fingerprint density at radius 3 is 2.20 bits per heavy atom. The molecule has 0 spiro atoms. The predicted molar refractivity (Wildman–Crippen MR) is 51.6 cm³/mol. The minimum absolute atomic E-state index is 0.286. The van der Waals surface area contributed by atoms with Gasteiger partial charge in [0, 0.05) is 5.33 Å². The van der Waals surface area contributed by atoms with E-state index in [1.54, 1.807) is 0 Å². The molecule has 1 atom stereocenters. The highest BCUT2D eigenvalue weighted by Crippen LogP contribution is 2.28. The molecule has 0 aliphatic heterocycles. The van der Waals surface area contributed by atoms with Gasteiger partial charge in [0.25, 0.3) is 0 Å². The number of halogens is 1. The lowest BCUT2D eigenvalue weighted by Crippen LogP contribution is -2.17. The molecule has 0 bridgehead atoms. The highest BCUT2D eigenvalue weighted by atomic mass is 79.9. The monoisotopic (exact) mass is 204 g/mol. The summed E-state index contributed by atoms with van der Waals surface area (Å²) in [7, 11) is 0. The van der Waals surface area contributed by atoms with Gasteiger partial charge >= 0.3 is 0 Å². The molecule has 1 heteroatoms. The van der Waals surface area contributed by atoms with Crippen molar-refractivity contribution in [3.8, 4) is 0 Å². The average Bonchev–Trinajstić information content (AvgIpc) is 1.87. The summed E-state index contributed by atoms with van der Waals surface area (Å²) in [4.78, 5) is 0. The standard InChI is InChI=1S/C9H17Br/c1-5-9(4,7-10)6-8(2)3/h5,8H,1,6-7H2,2-4H3. The molecule has 0 aromatic carbocycles. The molecule has 0 N–H and O–H groups in total. The van der Waals surface area contributed by atoms with Crippen molar-refractivity contribution in [3.63, 3.8) is 0 Å². The van der Waals surface area contributed by atoms with E-state index in [1.165, 1.54) is 6.42 Å². The second-order valence-corrected chi connectivity index (χ2v) is 4.15. The Kier molecular flexibility index (Phi) is 4.26. The number of hydrogen-bond donors (Lipinski definition) is 0. The molecule has 0 saturated carbocycles. The van der Waals surface area contributed by atoms with E-state index in [9.17, 15) is 0 Å². The van der Waals surface area contributed by atoms with Gasteiger partial charge in [-0.05, 0) is 17.8 Å². The topological polar surface area (TPSA) is 0 Å². The third-order valence-corrected chi connectivity index (χ3v) is 2.95. The molecule has 0 radical (unpaired) electrons. The van der Waals surface area contributed by atoms with Crippen LogP contribution >= 0.6 is 15.9 Å². The van der Waals surface area contributed by atoms with Gasteiger partial charge in [0.05, 0.1) is 0 Å². The van der Waals surface area contributed by atoms with Crippen molar-refractivity contribution in [2.45, 2.75) is 27.2 Å². The lowest BCUT2D eigenvalue weighted by Gasteiger charge is -2.24. The number of rotatable bonds is 4. The second-order valence-electron chi connectivity index (χ2n) is 3.59. The van der Waals surface area contributed by atoms with E-state index in [-0.39, 0.29) is 5.41 Å². The Morgan fingerprint density at radius 2 is 2.10 bits per heavy atom. The maximum Gasteiger partial charge on any atom is 0.0120 e. The number of alkyl halides is 1. The van der Waals surface area contributed by atoms with Crippen LogP contribution in [0.25, 0.3) is 0 Å². The van der Waals surface area contributed by atoms with Crippen LogP contribution in [0.15, 0.2) is 12.7 Å². The summed E-state index contributed by atoms with van der Waals surface area (Å²) in [5, 5.41) is 1.02. The molecule has 0 amide bonds. The van der Waals surface area contributed by atoms with Crippen molar-refractivity contribution in [1.29, 1.82) is 0 Å². The smallest absolute Gasteiger partial charge is 0.0120 e. The van der Waals surface area contributed by atoms with Gasteiger partial charge in [-0.3, -0.25) is 0 Å². The Hall–Kier alpha value is 0.220. The van der Waals surface area contributed by atoms with E-state index < -0.39 is 0 Å². The van der Waals surface area contributed by atoms with Crippen LogP contribution in [-0.2, 0) is 0 Å². The highest BCUT2D eigenvalue weighted by molar-refractivity contribution is 9.09. The van der Waals surface area contributed by atoms with E-state index in [4.69, 9.17) is 0 Å². The van der Waals surface area contributed by atoms with Crippen LogP contribution in [0.3, 0.4) is 0 Å². The van der Waals surface area contributed by atoms with Gasteiger partial charge in [0.2, 0.25) is 0 Å². The SMILES string of the molecule is C=CC(C)(CBr)CC(C)C. The molecule has 10 heavy (non-hydrogen) atoms. The zero-order valence-electron chi connectivity index (χ0n) is 7.15. The molecule has 60 valence electrons. The predicted octanol–water partition coefficient (Wildman–Crippen LogP) is 3.62. The van der Waals surface area contributed by atoms with E-state index >= 15 is 0 Å². The summed E-state index contributed by atoms with van der Waals surface area (Å²) in [5.74, 6) is 0.751. The Bertz CT molecular complexity index is 107. The van der Waals surface area contributed by atoms with Gasteiger partial charge in [0.15, 0.2) is 0 Å². The van der Waals surface area contributed by atoms with E-state index in [0.29, 0.717) is 0 Å². The first-order valence-corrected chi connectivity index (χ1v) is 4.86. The minimum Gasteiger partial charge on any atom is -0.103 e. The van der Waals surface area contributed by atoms with Crippen LogP contribution in [0.2, 0.25) is 0 Å². The number of allylic oxidation sites excluding steroid dienone is 1. The third kappa shape index (κ3) is 3.40. The molecule has 0 aliphatic rings. The molecule has 0 heterocycles. The fraction of sp³-hybridized carbons (Fsp3) is 0.778. The maximum absolute atomic E-state index is 3.83. The highest BCUT2D eigenvalue weighted by Gasteiger charge is 2.19. The van der Waals surface area contributed by atoms with Crippen LogP contribution in [0.5, 0.6) is 0 Å². The van der Waals surface area contributed by atoms with Gasteiger partial charge in [0.1, 0.15) is 0 Å². The maximum atomic E-state index is 3.83. The first-order valence-electron chi connectivity index (χ1n) is 3.73. The minimum atomic E-state index is 0.286. The summed E-state index contributed by atoms with van der Waals surface area (Å²) in [6.07, 6.45) is 3.25. The van der Waals surface area contributed by atoms with E-state index in [1.807, 2.05) is 6.08 Å². The summed E-state index contributed by atoms with van der Waals surface area (Å²) in [6, 6.07) is 0. The van der Waals surface area contributed by atoms with Crippen LogP contribution in [-0.4, -0.2) is 5.33 Å². The van der Waals surface area contributed by atoms with Crippen molar-refractivity contribution >= 4 is 15.9 Å². The van der Waals surface area contributed by atoms with Crippen molar-refractivity contribution < 1.29 is 0 Å². The Morgan fingerprint density at radius 1 is 1.60 bits per heavy atom. The molecular weight excluding hydrogens is 188 g/mol. The molecule has 0 rings (SSSR count). The van der Waals surface area contributed by atoms with E-state index in [0.717, 1.165) is 11.2 Å². The molecule has 0 saturated heterocycles. The van der Waals surface area contributed by atoms with Gasteiger partial charge in [-0.2, -0.15) is 0 Å². The Balaban J connectivity index is 3.92. The average molecular weight is 205 g/mol. The van der Waals surface area contributed by atoms with Crippen LogP contribution < -0.4 is 0 Å². The van der Waals surface area contributed by atoms with E-state index in [2.05, 4.69) is 43.3 Å². The summed E-state index contributed by atoms with van der Waals surface area (Å²) in [6.45, 7) is 10.5. The molecular formula is C9H17Br. The second kappa shape index (κ2) is 4.17. The fourth-order valence-electron chi connectivity index (χ4n) is 1.13. The molecule has 0 aromatic rings. The van der Waals surface area contributed by atoms with Crippen LogP contribution in [0.1, 0.15) is 27.2 Å². The Labute approximate surface area is 72.8 Å². The van der Waals surface area contributed by atoms with Crippen LogP contribution in [0, 0.1) is 11.3 Å². The first kappa shape index (κ1) is 10.2. The molecule has 0 aliphatic carbocycles. The molecule has 0 fully saturated rings. The molecule has 1 unspecified atom stereocenters.